The van der Waals surface area contributed by atoms with Gasteiger partial charge in [0.25, 0.3) is 0 Å². The minimum Gasteiger partial charge on any atom is -0.455 e. The van der Waals surface area contributed by atoms with Crippen molar-refractivity contribution in [2.24, 2.45) is 0 Å². The van der Waals surface area contributed by atoms with Crippen molar-refractivity contribution in [3.05, 3.63) is 54.5 Å². The molecule has 0 saturated carbocycles. The molecule has 0 unspecified atom stereocenters. The molecule has 2 heterocycles. The van der Waals surface area contributed by atoms with Crippen molar-refractivity contribution in [3.63, 3.8) is 0 Å². The number of hydrogen-bond acceptors (Lipinski definition) is 4. The number of fused-ring (bicyclic) bond motifs is 1. The molecular formula is C15H13N3O. The van der Waals surface area contributed by atoms with Gasteiger partial charge in [0, 0.05) is 35.2 Å². The van der Waals surface area contributed by atoms with E-state index in [2.05, 4.69) is 9.97 Å². The van der Waals surface area contributed by atoms with Crippen LogP contribution in [0.4, 0.5) is 5.69 Å². The summed E-state index contributed by atoms with van der Waals surface area (Å²) in [6.45, 7) is 1.92. The maximum absolute atomic E-state index is 5.94. The van der Waals surface area contributed by atoms with E-state index in [4.69, 9.17) is 10.5 Å². The van der Waals surface area contributed by atoms with Gasteiger partial charge < -0.3 is 10.5 Å². The zero-order valence-corrected chi connectivity index (χ0v) is 10.5. The van der Waals surface area contributed by atoms with Gasteiger partial charge in [0.05, 0.1) is 0 Å². The number of aryl methyl sites for hydroxylation is 1. The third kappa shape index (κ3) is 2.20. The van der Waals surface area contributed by atoms with Gasteiger partial charge in [-0.05, 0) is 37.3 Å². The maximum Gasteiger partial charge on any atom is 0.153 e. The lowest BCUT2D eigenvalue weighted by Crippen LogP contribution is -1.93. The Labute approximate surface area is 110 Å². The molecule has 0 aliphatic heterocycles. The van der Waals surface area contributed by atoms with Crippen LogP contribution >= 0.6 is 0 Å². The summed E-state index contributed by atoms with van der Waals surface area (Å²) in [7, 11) is 0. The highest BCUT2D eigenvalue weighted by atomic mass is 16.5. The lowest BCUT2D eigenvalue weighted by atomic mass is 10.1. The van der Waals surface area contributed by atoms with Crippen molar-refractivity contribution in [3.8, 4) is 11.5 Å². The molecular weight excluding hydrogens is 238 g/mol. The standard InChI is InChI=1S/C15H13N3O/c1-10-9-11(6-8-17-10)19-14-5-4-13(16)12-3-2-7-18-15(12)14/h2-9H,16H2,1H3. The van der Waals surface area contributed by atoms with E-state index in [0.717, 1.165) is 22.3 Å². The van der Waals surface area contributed by atoms with E-state index in [-0.39, 0.29) is 0 Å². The highest BCUT2D eigenvalue weighted by Crippen LogP contribution is 2.31. The third-order valence-corrected chi connectivity index (χ3v) is 2.86. The molecule has 2 aromatic heterocycles. The minimum atomic E-state index is 0.690. The van der Waals surface area contributed by atoms with Crippen LogP contribution in [0.1, 0.15) is 5.69 Å². The second-order valence-electron chi connectivity index (χ2n) is 4.29. The van der Waals surface area contributed by atoms with Crippen LogP contribution in [0.25, 0.3) is 10.9 Å². The first-order chi connectivity index (χ1) is 9.24. The number of hydrogen-bond donors (Lipinski definition) is 1. The predicted octanol–water partition coefficient (Wildman–Crippen LogP) is 3.31. The van der Waals surface area contributed by atoms with Crippen LogP contribution in [0.3, 0.4) is 0 Å². The van der Waals surface area contributed by atoms with Crippen LogP contribution in [0.5, 0.6) is 11.5 Å². The summed E-state index contributed by atoms with van der Waals surface area (Å²) < 4.78 is 5.87. The van der Waals surface area contributed by atoms with E-state index in [1.54, 1.807) is 12.4 Å². The van der Waals surface area contributed by atoms with Gasteiger partial charge in [-0.25, -0.2) is 0 Å². The quantitative estimate of drug-likeness (QED) is 0.710. The van der Waals surface area contributed by atoms with Crippen LogP contribution in [-0.4, -0.2) is 9.97 Å². The van der Waals surface area contributed by atoms with Gasteiger partial charge in [-0.15, -0.1) is 0 Å². The van der Waals surface area contributed by atoms with Crippen molar-refractivity contribution >= 4 is 16.6 Å². The Morgan fingerprint density at radius 2 is 1.95 bits per heavy atom. The summed E-state index contributed by atoms with van der Waals surface area (Å²) in [5.74, 6) is 1.43. The van der Waals surface area contributed by atoms with E-state index in [1.807, 2.05) is 43.3 Å². The van der Waals surface area contributed by atoms with E-state index < -0.39 is 0 Å². The summed E-state index contributed by atoms with van der Waals surface area (Å²) in [4.78, 5) is 8.48. The Morgan fingerprint density at radius 3 is 2.79 bits per heavy atom. The molecule has 0 spiro atoms. The molecule has 2 N–H and O–H groups in total. The summed E-state index contributed by atoms with van der Waals surface area (Å²) in [6, 6.07) is 11.2. The Hall–Kier alpha value is -2.62. The fraction of sp³-hybridized carbons (Fsp3) is 0.0667. The summed E-state index contributed by atoms with van der Waals surface area (Å²) in [5, 5.41) is 0.894. The molecule has 4 nitrogen and oxygen atoms in total. The van der Waals surface area contributed by atoms with E-state index in [1.165, 1.54) is 0 Å². The maximum atomic E-state index is 5.94. The summed E-state index contributed by atoms with van der Waals surface area (Å²) >= 11 is 0. The number of ether oxygens (including phenoxy) is 1. The first kappa shape index (κ1) is 11.5. The molecule has 19 heavy (non-hydrogen) atoms. The van der Waals surface area contributed by atoms with Gasteiger partial charge in [0.1, 0.15) is 11.3 Å². The van der Waals surface area contributed by atoms with Crippen molar-refractivity contribution in [1.29, 1.82) is 0 Å². The van der Waals surface area contributed by atoms with E-state index in [0.29, 0.717) is 11.4 Å². The highest BCUT2D eigenvalue weighted by molar-refractivity contribution is 5.94. The molecule has 0 atom stereocenters. The van der Waals surface area contributed by atoms with Crippen LogP contribution in [0.15, 0.2) is 48.8 Å². The molecule has 4 heteroatoms. The van der Waals surface area contributed by atoms with Gasteiger partial charge in [0.15, 0.2) is 5.75 Å². The largest absolute Gasteiger partial charge is 0.455 e. The third-order valence-electron chi connectivity index (χ3n) is 2.86. The lowest BCUT2D eigenvalue weighted by molar-refractivity contribution is 0.486. The summed E-state index contributed by atoms with van der Waals surface area (Å²) in [5.41, 5.74) is 8.30. The highest BCUT2D eigenvalue weighted by Gasteiger charge is 2.07. The average Bonchev–Trinajstić information content (AvgIpc) is 2.42. The monoisotopic (exact) mass is 251 g/mol. The first-order valence-corrected chi connectivity index (χ1v) is 5.98. The second-order valence-corrected chi connectivity index (χ2v) is 4.29. The van der Waals surface area contributed by atoms with Gasteiger partial charge in [0.2, 0.25) is 0 Å². The zero-order chi connectivity index (χ0) is 13.2. The predicted molar refractivity (Wildman–Crippen MR) is 75.2 cm³/mol. The normalized spacial score (nSPS) is 10.6. The fourth-order valence-electron chi connectivity index (χ4n) is 1.96. The van der Waals surface area contributed by atoms with Crippen molar-refractivity contribution in [2.45, 2.75) is 6.92 Å². The number of nitrogen functional groups attached to an aromatic ring is 1. The SMILES string of the molecule is Cc1cc(Oc2ccc(N)c3cccnc23)ccn1. The number of nitrogens with zero attached hydrogens (tertiary/aromatic N) is 2. The molecule has 0 fully saturated rings. The molecule has 0 radical (unpaired) electrons. The Balaban J connectivity index is 2.09. The smallest absolute Gasteiger partial charge is 0.153 e. The van der Waals surface area contributed by atoms with Gasteiger partial charge in [-0.1, -0.05) is 0 Å². The number of anilines is 1. The number of benzene rings is 1. The molecule has 0 bridgehead atoms. The van der Waals surface area contributed by atoms with Gasteiger partial charge >= 0.3 is 0 Å². The van der Waals surface area contributed by atoms with Gasteiger partial charge in [-0.2, -0.15) is 0 Å². The average molecular weight is 251 g/mol. The van der Waals surface area contributed by atoms with Crippen LogP contribution in [-0.2, 0) is 0 Å². The van der Waals surface area contributed by atoms with E-state index in [9.17, 15) is 0 Å². The number of nitrogens with two attached hydrogens (primary N) is 1. The van der Waals surface area contributed by atoms with Crippen molar-refractivity contribution < 1.29 is 4.74 Å². The Morgan fingerprint density at radius 1 is 1.05 bits per heavy atom. The van der Waals surface area contributed by atoms with Crippen LogP contribution < -0.4 is 10.5 Å². The minimum absolute atomic E-state index is 0.690. The zero-order valence-electron chi connectivity index (χ0n) is 10.5. The first-order valence-electron chi connectivity index (χ1n) is 5.98. The van der Waals surface area contributed by atoms with E-state index >= 15 is 0 Å². The molecule has 3 rings (SSSR count). The van der Waals surface area contributed by atoms with Gasteiger partial charge in [-0.3, -0.25) is 9.97 Å². The number of aromatic nitrogens is 2. The Bertz CT molecular complexity index is 740. The molecule has 0 aliphatic rings. The number of pyridine rings is 2. The van der Waals surface area contributed by atoms with Crippen LogP contribution in [0, 0.1) is 6.92 Å². The lowest BCUT2D eigenvalue weighted by Gasteiger charge is -2.09. The molecule has 0 aliphatic carbocycles. The van der Waals surface area contributed by atoms with Crippen molar-refractivity contribution in [1.82, 2.24) is 9.97 Å². The molecule has 0 amide bonds. The summed E-state index contributed by atoms with van der Waals surface area (Å²) in [6.07, 6.45) is 3.45. The molecule has 1 aromatic carbocycles. The number of rotatable bonds is 2. The van der Waals surface area contributed by atoms with Crippen LogP contribution in [0.2, 0.25) is 0 Å². The Kier molecular flexibility index (Phi) is 2.76. The second kappa shape index (κ2) is 4.57. The molecule has 94 valence electrons. The van der Waals surface area contributed by atoms with Crippen molar-refractivity contribution in [2.75, 3.05) is 5.73 Å². The topological polar surface area (TPSA) is 61.0 Å². The fourth-order valence-corrected chi connectivity index (χ4v) is 1.96. The molecule has 0 saturated heterocycles. The molecule has 3 aromatic rings.